The molecule has 0 aliphatic heterocycles. The lowest BCUT2D eigenvalue weighted by molar-refractivity contribution is -0.124. The van der Waals surface area contributed by atoms with E-state index in [4.69, 9.17) is 9.84 Å². The summed E-state index contributed by atoms with van der Waals surface area (Å²) in [5.74, 6) is -0.661. The van der Waals surface area contributed by atoms with Gasteiger partial charge < -0.3 is 25.5 Å². The number of nitrogens with zero attached hydrogens (tertiary/aromatic N) is 2. The molecule has 3 aromatic rings. The summed E-state index contributed by atoms with van der Waals surface area (Å²) in [6.07, 6.45) is 2.91. The van der Waals surface area contributed by atoms with Crippen molar-refractivity contribution in [3.8, 4) is 17.0 Å². The molecule has 0 bridgehead atoms. The fourth-order valence-electron chi connectivity index (χ4n) is 5.01. The highest BCUT2D eigenvalue weighted by Gasteiger charge is 2.34. The maximum Gasteiger partial charge on any atom is 0.255 e. The molecule has 4 N–H and O–H groups in total. The van der Waals surface area contributed by atoms with Crippen molar-refractivity contribution in [1.82, 2.24) is 25.6 Å². The maximum absolute atomic E-state index is 15.5. The van der Waals surface area contributed by atoms with Crippen molar-refractivity contribution in [2.45, 2.75) is 64.2 Å². The van der Waals surface area contributed by atoms with E-state index in [1.807, 2.05) is 0 Å². The number of aliphatic hydroxyl groups excluding tert-OH is 1. The average molecular weight is 528 g/mol. The van der Waals surface area contributed by atoms with E-state index in [2.05, 4.69) is 25.6 Å². The summed E-state index contributed by atoms with van der Waals surface area (Å²) in [7, 11) is 0. The largest absolute Gasteiger partial charge is 0.492 e. The monoisotopic (exact) mass is 527 g/mol. The van der Waals surface area contributed by atoms with Crippen LogP contribution < -0.4 is 15.4 Å². The Balaban J connectivity index is 1.42. The number of aryl methyl sites for hydroxylation is 2. The van der Waals surface area contributed by atoms with Crippen molar-refractivity contribution >= 4 is 22.8 Å². The van der Waals surface area contributed by atoms with Gasteiger partial charge in [0.05, 0.1) is 29.3 Å². The zero-order valence-electron chi connectivity index (χ0n) is 21.3. The summed E-state index contributed by atoms with van der Waals surface area (Å²) < 4.78 is 36.3. The van der Waals surface area contributed by atoms with Crippen LogP contribution in [0.3, 0.4) is 0 Å². The van der Waals surface area contributed by atoms with Gasteiger partial charge in [-0.2, -0.15) is 0 Å². The number of halogens is 2. The van der Waals surface area contributed by atoms with Gasteiger partial charge in [0.25, 0.3) is 5.91 Å². The molecular formula is C27H31F2N5O4. The van der Waals surface area contributed by atoms with Gasteiger partial charge in [-0.15, -0.1) is 0 Å². The molecule has 5 rings (SSSR count). The third-order valence-electron chi connectivity index (χ3n) is 7.30. The molecule has 38 heavy (non-hydrogen) atoms. The minimum atomic E-state index is -1.38. The predicted octanol–water partition coefficient (Wildman–Crippen LogP) is 3.27. The number of nitrogens with one attached hydrogen (secondary N) is 3. The number of amides is 2. The number of fused-ring (bicyclic) bond motifs is 1. The van der Waals surface area contributed by atoms with E-state index >= 15 is 4.39 Å². The van der Waals surface area contributed by atoms with Crippen molar-refractivity contribution < 1.29 is 28.2 Å². The highest BCUT2D eigenvalue weighted by molar-refractivity contribution is 6.09. The molecule has 2 fully saturated rings. The quantitative estimate of drug-likeness (QED) is 0.356. The van der Waals surface area contributed by atoms with Crippen molar-refractivity contribution in [1.29, 1.82) is 0 Å². The molecular weight excluding hydrogens is 496 g/mol. The van der Waals surface area contributed by atoms with Gasteiger partial charge in [-0.05, 0) is 57.1 Å². The number of aromatic amines is 1. The number of alkyl halides is 1. The molecule has 2 aliphatic rings. The highest BCUT2D eigenvalue weighted by atomic mass is 19.1. The molecule has 9 nitrogen and oxygen atoms in total. The zero-order valence-corrected chi connectivity index (χ0v) is 21.3. The number of hydrogen-bond donors (Lipinski definition) is 4. The molecule has 2 saturated carbocycles. The van der Waals surface area contributed by atoms with E-state index in [9.17, 15) is 14.0 Å². The second-order valence-electron chi connectivity index (χ2n) is 10.2. The Morgan fingerprint density at radius 2 is 1.95 bits per heavy atom. The third kappa shape index (κ3) is 5.20. The number of ether oxygens (including phenoxy) is 1. The molecule has 3 atom stereocenters. The van der Waals surface area contributed by atoms with E-state index in [0.29, 0.717) is 53.4 Å². The molecule has 2 aliphatic carbocycles. The molecule has 1 aromatic carbocycles. The number of benzene rings is 1. The summed E-state index contributed by atoms with van der Waals surface area (Å²) in [6.45, 7) is 3.21. The van der Waals surface area contributed by atoms with Crippen molar-refractivity contribution in [2.24, 2.45) is 5.92 Å². The van der Waals surface area contributed by atoms with Gasteiger partial charge in [-0.1, -0.05) is 6.07 Å². The van der Waals surface area contributed by atoms with Crippen LogP contribution in [0.4, 0.5) is 8.78 Å². The summed E-state index contributed by atoms with van der Waals surface area (Å²) in [5.41, 5.74) is 2.35. The first-order valence-electron chi connectivity index (χ1n) is 12.9. The Labute approximate surface area is 218 Å². The number of aliphatic hydroxyl groups is 1. The van der Waals surface area contributed by atoms with Gasteiger partial charge in [0.15, 0.2) is 0 Å². The smallest absolute Gasteiger partial charge is 0.255 e. The number of rotatable bonds is 8. The number of aromatic nitrogens is 3. The predicted molar refractivity (Wildman–Crippen MR) is 136 cm³/mol. The standard InChI is InChI=1S/C27H31F2N5O4/c1-13-3-8-19(38-11-15-4-5-15)22(23(13)29)25-26-24(30-12-31-25)21(14(2)32-26)27(37)34-18-7-6-16(9-17(18)28)33-20(36)10-35/h3,8,12,15-18,32,35H,4-7,9-11H2,1-2H3,(H,33,36)(H,34,37)/t16-,17+,18+/m0/s1. The van der Waals surface area contributed by atoms with Crippen LogP contribution >= 0.6 is 0 Å². The molecule has 202 valence electrons. The number of carbonyl (C=O) groups is 2. The van der Waals surface area contributed by atoms with Crippen LogP contribution in [0.1, 0.15) is 53.7 Å². The van der Waals surface area contributed by atoms with Gasteiger partial charge in [-0.3, -0.25) is 9.59 Å². The summed E-state index contributed by atoms with van der Waals surface area (Å²) in [6, 6.07) is 2.25. The van der Waals surface area contributed by atoms with Gasteiger partial charge in [0.1, 0.15) is 41.9 Å². The first kappa shape index (κ1) is 26.0. The Hall–Kier alpha value is -3.60. The van der Waals surface area contributed by atoms with Crippen LogP contribution in [-0.2, 0) is 4.79 Å². The molecule has 2 aromatic heterocycles. The first-order valence-corrected chi connectivity index (χ1v) is 12.9. The van der Waals surface area contributed by atoms with Crippen LogP contribution in [0.2, 0.25) is 0 Å². The minimum Gasteiger partial charge on any atom is -0.492 e. The van der Waals surface area contributed by atoms with Gasteiger partial charge in [-0.25, -0.2) is 18.7 Å². The maximum atomic E-state index is 15.5. The van der Waals surface area contributed by atoms with Crippen LogP contribution in [0.5, 0.6) is 5.75 Å². The lowest BCUT2D eigenvalue weighted by atomic mass is 9.89. The molecule has 0 unspecified atom stereocenters. The average Bonchev–Trinajstić information content (AvgIpc) is 3.66. The second kappa shape index (κ2) is 10.6. The Morgan fingerprint density at radius 3 is 2.66 bits per heavy atom. The number of H-pyrrole nitrogens is 1. The van der Waals surface area contributed by atoms with E-state index in [-0.39, 0.29) is 23.2 Å². The van der Waals surface area contributed by atoms with Crippen molar-refractivity contribution in [3.05, 3.63) is 41.1 Å². The normalized spacial score (nSPS) is 21.3. The molecule has 0 radical (unpaired) electrons. The molecule has 2 amide bonds. The van der Waals surface area contributed by atoms with Gasteiger partial charge in [0.2, 0.25) is 5.91 Å². The Morgan fingerprint density at radius 1 is 1.16 bits per heavy atom. The minimum absolute atomic E-state index is 0.0339. The first-order chi connectivity index (χ1) is 18.3. The number of hydrogen-bond acceptors (Lipinski definition) is 6. The van der Waals surface area contributed by atoms with Crippen molar-refractivity contribution in [2.75, 3.05) is 13.2 Å². The number of carbonyl (C=O) groups excluding carboxylic acids is 2. The highest BCUT2D eigenvalue weighted by Crippen LogP contribution is 2.39. The fourth-order valence-corrected chi connectivity index (χ4v) is 5.01. The summed E-state index contributed by atoms with van der Waals surface area (Å²) in [5, 5.41) is 14.3. The van der Waals surface area contributed by atoms with Crippen LogP contribution in [-0.4, -0.2) is 63.3 Å². The Bertz CT molecular complexity index is 1370. The zero-order chi connectivity index (χ0) is 27.0. The lowest BCUT2D eigenvalue weighted by Gasteiger charge is -2.32. The van der Waals surface area contributed by atoms with Crippen molar-refractivity contribution in [3.63, 3.8) is 0 Å². The van der Waals surface area contributed by atoms with Crippen LogP contribution in [0.25, 0.3) is 22.3 Å². The van der Waals surface area contributed by atoms with Gasteiger partial charge >= 0.3 is 0 Å². The Kier molecular flexibility index (Phi) is 7.29. The van der Waals surface area contributed by atoms with E-state index in [1.54, 1.807) is 26.0 Å². The van der Waals surface area contributed by atoms with Gasteiger partial charge in [0, 0.05) is 18.2 Å². The molecule has 0 spiro atoms. The fraction of sp³-hybridized carbons (Fsp3) is 0.481. The third-order valence-corrected chi connectivity index (χ3v) is 7.30. The summed E-state index contributed by atoms with van der Waals surface area (Å²) >= 11 is 0. The SMILES string of the molecule is Cc1ccc(OCC2CC2)c(-c2ncnc3c(C(=O)N[C@@H]4CC[C@H](NC(=O)CO)C[C@H]4F)c(C)[nH]c23)c1F. The summed E-state index contributed by atoms with van der Waals surface area (Å²) in [4.78, 5) is 36.5. The molecule has 0 saturated heterocycles. The van der Waals surface area contributed by atoms with E-state index < -0.39 is 42.5 Å². The topological polar surface area (TPSA) is 129 Å². The van der Waals surface area contributed by atoms with Crippen LogP contribution in [0.15, 0.2) is 18.5 Å². The van der Waals surface area contributed by atoms with Crippen LogP contribution in [0, 0.1) is 25.6 Å². The lowest BCUT2D eigenvalue weighted by Crippen LogP contribution is -2.50. The van der Waals surface area contributed by atoms with E-state index in [1.165, 1.54) is 6.33 Å². The van der Waals surface area contributed by atoms with E-state index in [0.717, 1.165) is 12.8 Å². The second-order valence-corrected chi connectivity index (χ2v) is 10.2. The molecule has 11 heteroatoms. The molecule has 2 heterocycles.